The zero-order chi connectivity index (χ0) is 17.4. The van der Waals surface area contributed by atoms with E-state index in [0.29, 0.717) is 13.1 Å². The molecule has 0 spiro atoms. The van der Waals surface area contributed by atoms with Crippen LogP contribution in [-0.2, 0) is 26.2 Å². The molecule has 24 heavy (non-hydrogen) atoms. The molecule has 2 rings (SSSR count). The number of nitrogens with zero attached hydrogens (tertiary/aromatic N) is 1. The van der Waals surface area contributed by atoms with E-state index in [1.165, 1.54) is 5.56 Å². The van der Waals surface area contributed by atoms with Gasteiger partial charge in [0.1, 0.15) is 0 Å². The Morgan fingerprint density at radius 1 is 0.917 bits per heavy atom. The number of benzene rings is 2. The van der Waals surface area contributed by atoms with Gasteiger partial charge in [-0.15, -0.1) is 0 Å². The van der Waals surface area contributed by atoms with Crippen molar-refractivity contribution in [1.29, 1.82) is 0 Å². The Bertz CT molecular complexity index is 654. The topological polar surface area (TPSA) is 64.6 Å². The predicted molar refractivity (Wildman–Crippen MR) is 95.3 cm³/mol. The van der Waals surface area contributed by atoms with Crippen LogP contribution in [0.1, 0.15) is 22.3 Å². The van der Waals surface area contributed by atoms with Crippen LogP contribution in [0.5, 0.6) is 0 Å². The third-order valence-electron chi connectivity index (χ3n) is 3.70. The summed E-state index contributed by atoms with van der Waals surface area (Å²) in [6.07, 6.45) is 0. The van der Waals surface area contributed by atoms with Gasteiger partial charge >= 0.3 is 6.03 Å². The highest BCUT2D eigenvalue weighted by Gasteiger charge is 2.04. The number of rotatable bonds is 7. The van der Waals surface area contributed by atoms with Gasteiger partial charge in [-0.3, -0.25) is 0 Å². The van der Waals surface area contributed by atoms with E-state index < -0.39 is 0 Å². The smallest absolute Gasteiger partial charge is 0.315 e. The van der Waals surface area contributed by atoms with Gasteiger partial charge in [0.05, 0.1) is 6.61 Å². The van der Waals surface area contributed by atoms with E-state index in [1.54, 1.807) is 0 Å². The zero-order valence-corrected chi connectivity index (χ0v) is 14.2. The summed E-state index contributed by atoms with van der Waals surface area (Å²) in [6.45, 7) is 1.75. The highest BCUT2D eigenvalue weighted by molar-refractivity contribution is 5.73. The van der Waals surface area contributed by atoms with Gasteiger partial charge in [-0.2, -0.15) is 0 Å². The molecule has 0 heterocycles. The molecule has 0 saturated heterocycles. The summed E-state index contributed by atoms with van der Waals surface area (Å²) in [4.78, 5) is 14.0. The molecular formula is C19H25N3O2. The number of urea groups is 1. The molecule has 128 valence electrons. The van der Waals surface area contributed by atoms with Crippen molar-refractivity contribution in [2.24, 2.45) is 0 Å². The van der Waals surface area contributed by atoms with Gasteiger partial charge in [-0.05, 0) is 36.3 Å². The van der Waals surface area contributed by atoms with Gasteiger partial charge in [-0.1, -0.05) is 48.5 Å². The van der Waals surface area contributed by atoms with Crippen molar-refractivity contribution in [3.05, 3.63) is 70.8 Å². The monoisotopic (exact) mass is 327 g/mol. The molecule has 3 N–H and O–H groups in total. The van der Waals surface area contributed by atoms with Gasteiger partial charge in [0.2, 0.25) is 0 Å². The number of aliphatic hydroxyl groups is 1. The average molecular weight is 327 g/mol. The predicted octanol–water partition coefficient (Wildman–Crippen LogP) is 2.24. The number of carbonyl (C=O) groups is 1. The summed E-state index contributed by atoms with van der Waals surface area (Å²) in [6, 6.07) is 15.5. The summed E-state index contributed by atoms with van der Waals surface area (Å²) in [5, 5.41) is 14.9. The first-order valence-corrected chi connectivity index (χ1v) is 8.00. The van der Waals surface area contributed by atoms with E-state index in [2.05, 4.69) is 27.7 Å². The van der Waals surface area contributed by atoms with Crippen molar-refractivity contribution in [3.8, 4) is 0 Å². The molecule has 2 aromatic carbocycles. The van der Waals surface area contributed by atoms with Gasteiger partial charge in [-0.25, -0.2) is 4.79 Å². The third kappa shape index (κ3) is 5.68. The van der Waals surface area contributed by atoms with E-state index in [0.717, 1.165) is 23.2 Å². The fraction of sp³-hybridized carbons (Fsp3) is 0.316. The summed E-state index contributed by atoms with van der Waals surface area (Å²) >= 11 is 0. The zero-order valence-electron chi connectivity index (χ0n) is 14.2. The maximum atomic E-state index is 11.9. The molecule has 0 aliphatic rings. The lowest BCUT2D eigenvalue weighted by Crippen LogP contribution is -2.34. The SMILES string of the molecule is CN(C)Cc1ccc(CNC(=O)NCc2ccccc2CO)cc1. The van der Waals surface area contributed by atoms with Crippen molar-refractivity contribution in [3.63, 3.8) is 0 Å². The largest absolute Gasteiger partial charge is 0.392 e. The molecule has 0 aliphatic heterocycles. The van der Waals surface area contributed by atoms with Gasteiger partial charge in [0.25, 0.3) is 0 Å². The third-order valence-corrected chi connectivity index (χ3v) is 3.70. The quantitative estimate of drug-likeness (QED) is 0.731. The Hall–Kier alpha value is -2.37. The highest BCUT2D eigenvalue weighted by Crippen LogP contribution is 2.08. The van der Waals surface area contributed by atoms with Crippen molar-refractivity contribution in [2.45, 2.75) is 26.2 Å². The minimum atomic E-state index is -0.222. The van der Waals surface area contributed by atoms with Crippen molar-refractivity contribution in [1.82, 2.24) is 15.5 Å². The Balaban J connectivity index is 1.78. The first-order chi connectivity index (χ1) is 11.6. The summed E-state index contributed by atoms with van der Waals surface area (Å²) < 4.78 is 0. The molecule has 0 bridgehead atoms. The minimum absolute atomic E-state index is 0.0290. The highest BCUT2D eigenvalue weighted by atomic mass is 16.3. The summed E-state index contributed by atoms with van der Waals surface area (Å²) in [5.74, 6) is 0. The van der Waals surface area contributed by atoms with E-state index in [9.17, 15) is 9.90 Å². The molecule has 5 heteroatoms. The number of carbonyl (C=O) groups excluding carboxylic acids is 1. The standard InChI is InChI=1S/C19H25N3O2/c1-22(2)13-16-9-7-15(8-10-16)11-20-19(24)21-12-17-5-3-4-6-18(17)14-23/h3-10,23H,11-14H2,1-2H3,(H2,20,21,24). The van der Waals surface area contributed by atoms with E-state index >= 15 is 0 Å². The lowest BCUT2D eigenvalue weighted by Gasteiger charge is -2.11. The van der Waals surface area contributed by atoms with Crippen molar-refractivity contribution >= 4 is 6.03 Å². The van der Waals surface area contributed by atoms with Gasteiger partial charge in [0.15, 0.2) is 0 Å². The van der Waals surface area contributed by atoms with E-state index in [-0.39, 0.29) is 12.6 Å². The minimum Gasteiger partial charge on any atom is -0.392 e. The number of amides is 2. The Morgan fingerprint density at radius 2 is 1.50 bits per heavy atom. The second kappa shape index (κ2) is 9.05. The molecule has 0 saturated carbocycles. The van der Waals surface area contributed by atoms with Crippen LogP contribution in [0, 0.1) is 0 Å². The van der Waals surface area contributed by atoms with Crippen molar-refractivity contribution in [2.75, 3.05) is 14.1 Å². The number of nitrogens with one attached hydrogen (secondary N) is 2. The van der Waals surface area contributed by atoms with Gasteiger partial charge < -0.3 is 20.6 Å². The Kier molecular flexibility index (Phi) is 6.78. The van der Waals surface area contributed by atoms with Gasteiger partial charge in [0, 0.05) is 19.6 Å². The molecule has 5 nitrogen and oxygen atoms in total. The lowest BCUT2D eigenvalue weighted by molar-refractivity contribution is 0.240. The molecule has 2 amide bonds. The molecule has 0 aromatic heterocycles. The molecule has 2 aromatic rings. The number of hydrogen-bond acceptors (Lipinski definition) is 3. The van der Waals surface area contributed by atoms with Crippen LogP contribution in [0.3, 0.4) is 0 Å². The van der Waals surface area contributed by atoms with Crippen molar-refractivity contribution < 1.29 is 9.90 Å². The second-order valence-electron chi connectivity index (χ2n) is 6.02. The van der Waals surface area contributed by atoms with E-state index in [4.69, 9.17) is 0 Å². The first kappa shape index (κ1) is 18.0. The van der Waals surface area contributed by atoms with Crippen LogP contribution in [0.2, 0.25) is 0 Å². The van der Waals surface area contributed by atoms with E-state index in [1.807, 2.05) is 50.5 Å². The fourth-order valence-corrected chi connectivity index (χ4v) is 2.43. The summed E-state index contributed by atoms with van der Waals surface area (Å²) in [5.41, 5.74) is 4.05. The first-order valence-electron chi connectivity index (χ1n) is 8.00. The molecule has 0 radical (unpaired) electrons. The molecular weight excluding hydrogens is 302 g/mol. The van der Waals surface area contributed by atoms with Crippen LogP contribution in [0.4, 0.5) is 4.79 Å². The van der Waals surface area contributed by atoms with Crippen LogP contribution < -0.4 is 10.6 Å². The maximum Gasteiger partial charge on any atom is 0.315 e. The lowest BCUT2D eigenvalue weighted by atomic mass is 10.1. The van der Waals surface area contributed by atoms with Crippen LogP contribution in [-0.4, -0.2) is 30.1 Å². The number of aliphatic hydroxyl groups excluding tert-OH is 1. The molecule has 0 aliphatic carbocycles. The Morgan fingerprint density at radius 3 is 2.12 bits per heavy atom. The Labute approximate surface area is 143 Å². The molecule has 0 atom stereocenters. The second-order valence-corrected chi connectivity index (χ2v) is 6.02. The maximum absolute atomic E-state index is 11.9. The normalized spacial score (nSPS) is 10.7. The summed E-state index contributed by atoms with van der Waals surface area (Å²) in [7, 11) is 4.07. The molecule has 0 unspecified atom stereocenters. The van der Waals surface area contributed by atoms with Crippen LogP contribution in [0.15, 0.2) is 48.5 Å². The fourth-order valence-electron chi connectivity index (χ4n) is 2.43. The number of hydrogen-bond donors (Lipinski definition) is 3. The van der Waals surface area contributed by atoms with Crippen LogP contribution in [0.25, 0.3) is 0 Å². The average Bonchev–Trinajstić information content (AvgIpc) is 2.59. The van der Waals surface area contributed by atoms with Crippen LogP contribution >= 0.6 is 0 Å². The molecule has 0 fully saturated rings.